The van der Waals surface area contributed by atoms with Crippen LogP contribution in [0.15, 0.2) is 0 Å². The molecule has 15 nitrogen and oxygen atoms in total. The largest absolute Gasteiger partial charge is 0.477 e. The van der Waals surface area contributed by atoms with Crippen LogP contribution in [0, 0.1) is 0 Å². The standard InChI is InChI=1S/C15H22O15S/c1-15(14(19)20)25-3-5-8(29-15)10(7(17)12(18)26-5)28-13-11(30-31(21,22)23)9-6(16)4(27-13)2-24-9/h4-13,16-18H,2-3H2,1H3,(H,19,20)(H,21,22,23)/t4-,5-,6+,7-,8+,9+,10-,11-,12-,13-,15?/m1/s1. The van der Waals surface area contributed by atoms with Crippen LogP contribution in [0.1, 0.15) is 6.92 Å². The summed E-state index contributed by atoms with van der Waals surface area (Å²) in [7, 11) is -5.04. The number of aliphatic hydroxyl groups is 3. The van der Waals surface area contributed by atoms with Crippen molar-refractivity contribution >= 4 is 16.4 Å². The second kappa shape index (κ2) is 8.08. The van der Waals surface area contributed by atoms with Crippen molar-refractivity contribution < 1.29 is 70.8 Å². The van der Waals surface area contributed by atoms with Crippen LogP contribution in [0.25, 0.3) is 0 Å². The van der Waals surface area contributed by atoms with Gasteiger partial charge in [-0.2, -0.15) is 8.42 Å². The Hall–Kier alpha value is -1.02. The Morgan fingerprint density at radius 1 is 1.03 bits per heavy atom. The van der Waals surface area contributed by atoms with E-state index in [1.54, 1.807) is 0 Å². The van der Waals surface area contributed by atoms with E-state index in [4.69, 9.17) is 33.0 Å². The van der Waals surface area contributed by atoms with Gasteiger partial charge in [0.2, 0.25) is 0 Å². The molecule has 0 radical (unpaired) electrons. The van der Waals surface area contributed by atoms with Gasteiger partial charge < -0.3 is 48.8 Å². The number of hydrogen-bond donors (Lipinski definition) is 5. The number of ether oxygens (including phenoxy) is 6. The molecule has 4 aliphatic rings. The molecule has 0 amide bonds. The van der Waals surface area contributed by atoms with Crippen LogP contribution < -0.4 is 0 Å². The number of aliphatic carboxylic acids is 1. The van der Waals surface area contributed by atoms with Crippen molar-refractivity contribution in [3.05, 3.63) is 0 Å². The Morgan fingerprint density at radius 3 is 2.39 bits per heavy atom. The average Bonchev–Trinajstić information content (AvgIpc) is 2.92. The lowest BCUT2D eigenvalue weighted by Gasteiger charge is -2.49. The van der Waals surface area contributed by atoms with Crippen LogP contribution in [0.2, 0.25) is 0 Å². The van der Waals surface area contributed by atoms with E-state index in [1.807, 2.05) is 0 Å². The Morgan fingerprint density at radius 2 is 1.74 bits per heavy atom. The van der Waals surface area contributed by atoms with Crippen molar-refractivity contribution in [1.82, 2.24) is 0 Å². The fourth-order valence-electron chi connectivity index (χ4n) is 3.92. The Balaban J connectivity index is 1.60. The predicted molar refractivity (Wildman–Crippen MR) is 89.5 cm³/mol. The third kappa shape index (κ3) is 4.31. The summed E-state index contributed by atoms with van der Waals surface area (Å²) in [6, 6.07) is 0. The predicted octanol–water partition coefficient (Wildman–Crippen LogP) is -3.66. The summed E-state index contributed by atoms with van der Waals surface area (Å²) in [4.78, 5) is 11.5. The first-order chi connectivity index (χ1) is 14.4. The van der Waals surface area contributed by atoms with Crippen LogP contribution in [0.4, 0.5) is 0 Å². The quantitative estimate of drug-likeness (QED) is 0.243. The summed E-state index contributed by atoms with van der Waals surface area (Å²) in [5, 5.41) is 39.9. The van der Waals surface area contributed by atoms with Gasteiger partial charge in [0.15, 0.2) is 18.7 Å². The summed E-state index contributed by atoms with van der Waals surface area (Å²) >= 11 is 0. The summed E-state index contributed by atoms with van der Waals surface area (Å²) in [5.41, 5.74) is 0. The normalized spacial score (nSPS) is 50.1. The van der Waals surface area contributed by atoms with Crippen molar-refractivity contribution in [2.75, 3.05) is 13.2 Å². The smallest absolute Gasteiger partial charge is 0.397 e. The maximum atomic E-state index is 11.5. The Bertz CT molecular complexity index is 804. The zero-order chi connectivity index (χ0) is 22.7. The fraction of sp³-hybridized carbons (Fsp3) is 0.933. The first kappa shape index (κ1) is 23.1. The van der Waals surface area contributed by atoms with Gasteiger partial charge in [-0.1, -0.05) is 0 Å². The summed E-state index contributed by atoms with van der Waals surface area (Å²) < 4.78 is 68.5. The van der Waals surface area contributed by atoms with Gasteiger partial charge in [0.1, 0.15) is 42.7 Å². The highest BCUT2D eigenvalue weighted by atomic mass is 32.3. The van der Waals surface area contributed by atoms with Crippen LogP contribution in [0.3, 0.4) is 0 Å². The first-order valence-electron chi connectivity index (χ1n) is 9.22. The van der Waals surface area contributed by atoms with Crippen molar-refractivity contribution in [2.45, 2.75) is 74.1 Å². The minimum absolute atomic E-state index is 0.135. The molecule has 16 heteroatoms. The van der Waals surface area contributed by atoms with Gasteiger partial charge >= 0.3 is 16.4 Å². The molecule has 0 saturated carbocycles. The highest BCUT2D eigenvalue weighted by molar-refractivity contribution is 7.80. The summed E-state index contributed by atoms with van der Waals surface area (Å²) in [6.45, 7) is 0.649. The van der Waals surface area contributed by atoms with Crippen molar-refractivity contribution in [3.8, 4) is 0 Å². The number of aliphatic hydroxyl groups excluding tert-OH is 3. The minimum Gasteiger partial charge on any atom is -0.477 e. The van der Waals surface area contributed by atoms with Crippen molar-refractivity contribution in [2.24, 2.45) is 0 Å². The van der Waals surface area contributed by atoms with E-state index < -0.39 is 83.6 Å². The molecule has 4 aliphatic heterocycles. The SMILES string of the molecule is CC1(C(=O)O)OC[C@H]2O[C@@H](O)[C@H](O)[C@@H](O[C@H]3O[C@@H]4CO[C@@H]([C@H]4O)[C@H]3OS(=O)(=O)O)[C@H]2O1. The van der Waals surface area contributed by atoms with E-state index in [1.165, 1.54) is 0 Å². The molecule has 0 aliphatic carbocycles. The van der Waals surface area contributed by atoms with Crippen molar-refractivity contribution in [3.63, 3.8) is 0 Å². The monoisotopic (exact) mass is 474 g/mol. The number of fused-ring (bicyclic) bond motifs is 3. The minimum atomic E-state index is -5.04. The van der Waals surface area contributed by atoms with Crippen LogP contribution in [-0.4, -0.2) is 120 Å². The molecule has 4 saturated heterocycles. The van der Waals surface area contributed by atoms with Crippen LogP contribution in [0.5, 0.6) is 0 Å². The van der Waals surface area contributed by atoms with Gasteiger partial charge in [-0.15, -0.1) is 0 Å². The average molecular weight is 474 g/mol. The molecule has 4 heterocycles. The highest BCUT2D eigenvalue weighted by Crippen LogP contribution is 2.38. The zero-order valence-corrected chi connectivity index (χ0v) is 16.7. The lowest BCUT2D eigenvalue weighted by molar-refractivity contribution is -0.394. The lowest BCUT2D eigenvalue weighted by Crippen LogP contribution is -2.68. The van der Waals surface area contributed by atoms with Gasteiger partial charge in [-0.05, 0) is 0 Å². The maximum absolute atomic E-state index is 11.5. The second-order valence-electron chi connectivity index (χ2n) is 7.62. The highest BCUT2D eigenvalue weighted by Gasteiger charge is 2.59. The number of hydrogen-bond acceptors (Lipinski definition) is 13. The second-order valence-corrected chi connectivity index (χ2v) is 8.67. The third-order valence-corrected chi connectivity index (χ3v) is 5.97. The summed E-state index contributed by atoms with van der Waals surface area (Å²) in [5.74, 6) is -3.59. The van der Waals surface area contributed by atoms with Gasteiger partial charge in [-0.25, -0.2) is 8.98 Å². The molecule has 5 N–H and O–H groups in total. The van der Waals surface area contributed by atoms with E-state index in [-0.39, 0.29) is 13.2 Å². The first-order valence-corrected chi connectivity index (χ1v) is 10.6. The molecule has 2 bridgehead atoms. The maximum Gasteiger partial charge on any atom is 0.397 e. The molecule has 4 rings (SSSR count). The molecule has 0 spiro atoms. The van der Waals surface area contributed by atoms with E-state index in [2.05, 4.69) is 4.18 Å². The molecular weight excluding hydrogens is 452 g/mol. The number of carboxylic acid groups (broad SMARTS) is 1. The van der Waals surface area contributed by atoms with Crippen LogP contribution >= 0.6 is 0 Å². The molecule has 0 aromatic heterocycles. The Kier molecular flexibility index (Phi) is 6.04. The van der Waals surface area contributed by atoms with E-state index in [0.29, 0.717) is 0 Å². The number of rotatable bonds is 5. The lowest BCUT2D eigenvalue weighted by atomic mass is 9.96. The third-order valence-electron chi connectivity index (χ3n) is 5.50. The van der Waals surface area contributed by atoms with Crippen LogP contribution in [-0.2, 0) is 47.8 Å². The summed E-state index contributed by atoms with van der Waals surface area (Å²) in [6.07, 6.45) is -14.2. The van der Waals surface area contributed by atoms with E-state index in [0.717, 1.165) is 6.92 Å². The number of carbonyl (C=O) groups is 1. The molecule has 1 unspecified atom stereocenters. The van der Waals surface area contributed by atoms with Gasteiger partial charge in [0, 0.05) is 6.92 Å². The van der Waals surface area contributed by atoms with E-state index in [9.17, 15) is 33.6 Å². The molecule has 11 atom stereocenters. The van der Waals surface area contributed by atoms with Crippen molar-refractivity contribution in [1.29, 1.82) is 0 Å². The van der Waals surface area contributed by atoms with Gasteiger partial charge in [-0.3, -0.25) is 4.55 Å². The van der Waals surface area contributed by atoms with Gasteiger partial charge in [0.05, 0.1) is 13.2 Å². The number of carboxylic acids is 1. The Labute approximate surface area is 175 Å². The molecule has 0 aromatic rings. The molecule has 178 valence electrons. The molecule has 4 fully saturated rings. The molecule has 0 aromatic carbocycles. The zero-order valence-electron chi connectivity index (χ0n) is 15.9. The topological polar surface area (TPSA) is 217 Å². The van der Waals surface area contributed by atoms with Gasteiger partial charge in [0.25, 0.3) is 5.79 Å². The molecule has 31 heavy (non-hydrogen) atoms. The molecular formula is C15H22O15S. The fourth-order valence-corrected chi connectivity index (χ4v) is 4.40. The van der Waals surface area contributed by atoms with E-state index >= 15 is 0 Å².